The molecule has 13 heavy (non-hydrogen) atoms. The van der Waals surface area contributed by atoms with Gasteiger partial charge in [-0.3, -0.25) is 0 Å². The van der Waals surface area contributed by atoms with Gasteiger partial charge in [-0.05, 0) is 12.1 Å². The van der Waals surface area contributed by atoms with Gasteiger partial charge in [0, 0.05) is 12.1 Å². The lowest BCUT2D eigenvalue weighted by Crippen LogP contribution is -2.10. The van der Waals surface area contributed by atoms with Crippen molar-refractivity contribution in [3.05, 3.63) is 30.2 Å². The van der Waals surface area contributed by atoms with Crippen molar-refractivity contribution in [1.82, 2.24) is 5.43 Å². The van der Waals surface area contributed by atoms with Gasteiger partial charge in [0.15, 0.2) is 11.5 Å². The van der Waals surface area contributed by atoms with E-state index in [1.165, 1.54) is 6.26 Å². The highest BCUT2D eigenvalue weighted by Crippen LogP contribution is 2.39. The summed E-state index contributed by atoms with van der Waals surface area (Å²) in [7, 11) is 0. The zero-order valence-electron chi connectivity index (χ0n) is 6.83. The minimum Gasteiger partial charge on any atom is -0.458 e. The van der Waals surface area contributed by atoms with Gasteiger partial charge in [-0.1, -0.05) is 0 Å². The van der Waals surface area contributed by atoms with Crippen LogP contribution in [0.4, 0.5) is 5.69 Å². The molecular weight excluding hydrogens is 168 g/mol. The Bertz CT molecular complexity index is 387. The van der Waals surface area contributed by atoms with Gasteiger partial charge in [0.05, 0.1) is 5.69 Å². The highest BCUT2D eigenvalue weighted by atomic mass is 16.5. The molecule has 0 amide bonds. The Labute approximate surface area is 75.1 Å². The third kappa shape index (κ3) is 0.891. The first-order valence-electron chi connectivity index (χ1n) is 4.08. The minimum absolute atomic E-state index is 0.760. The molecule has 0 aromatic heterocycles. The van der Waals surface area contributed by atoms with Gasteiger partial charge in [-0.25, -0.2) is 5.43 Å². The maximum absolute atomic E-state index is 5.38. The summed E-state index contributed by atoms with van der Waals surface area (Å²) >= 11 is 0. The third-order valence-electron chi connectivity index (χ3n) is 2.15. The Balaban J connectivity index is 2.20. The predicted octanol–water partition coefficient (Wildman–Crippen LogP) is 1.36. The number of hydrogen-bond acceptors (Lipinski definition) is 4. The first-order chi connectivity index (χ1) is 6.45. The summed E-state index contributed by atoms with van der Waals surface area (Å²) in [6.07, 6.45) is 3.07. The molecule has 1 aromatic rings. The quantitative estimate of drug-likeness (QED) is 0.626. The molecule has 0 fully saturated rings. The first-order valence-corrected chi connectivity index (χ1v) is 4.08. The van der Waals surface area contributed by atoms with E-state index in [1.807, 2.05) is 12.1 Å². The SMILES string of the molecule is C1=COc2c(ccc3c2CNN3)O1. The van der Waals surface area contributed by atoms with Gasteiger partial charge in [-0.15, -0.1) is 0 Å². The summed E-state index contributed by atoms with van der Waals surface area (Å²) in [5.74, 6) is 1.57. The second-order valence-corrected chi connectivity index (χ2v) is 2.91. The number of fused-ring (bicyclic) bond motifs is 3. The van der Waals surface area contributed by atoms with Gasteiger partial charge >= 0.3 is 0 Å². The molecule has 2 N–H and O–H groups in total. The molecule has 1 aromatic carbocycles. The Kier molecular flexibility index (Phi) is 1.26. The molecule has 2 aliphatic heterocycles. The van der Waals surface area contributed by atoms with E-state index in [0.717, 1.165) is 29.3 Å². The van der Waals surface area contributed by atoms with Crippen LogP contribution in [0.15, 0.2) is 24.7 Å². The standard InChI is InChI=1S/C9H8N2O2/c1-2-8-9(13-4-3-12-8)6-5-10-11-7(1)6/h1-4,10-11H,5H2. The fourth-order valence-corrected chi connectivity index (χ4v) is 1.55. The first kappa shape index (κ1) is 6.80. The normalized spacial score (nSPS) is 16.6. The predicted molar refractivity (Wildman–Crippen MR) is 47.3 cm³/mol. The van der Waals surface area contributed by atoms with E-state index in [0.29, 0.717) is 0 Å². The molecule has 0 saturated carbocycles. The largest absolute Gasteiger partial charge is 0.458 e. The van der Waals surface area contributed by atoms with Crippen molar-refractivity contribution in [2.24, 2.45) is 0 Å². The fraction of sp³-hybridized carbons (Fsp3) is 0.111. The number of ether oxygens (including phenoxy) is 2. The van der Waals surface area contributed by atoms with E-state index in [1.54, 1.807) is 6.26 Å². The average molecular weight is 176 g/mol. The molecule has 0 bridgehead atoms. The van der Waals surface area contributed by atoms with Crippen LogP contribution in [-0.2, 0) is 6.54 Å². The van der Waals surface area contributed by atoms with E-state index < -0.39 is 0 Å². The second kappa shape index (κ2) is 2.40. The number of anilines is 1. The fourth-order valence-electron chi connectivity index (χ4n) is 1.55. The van der Waals surface area contributed by atoms with Crippen LogP contribution in [0.3, 0.4) is 0 Å². The van der Waals surface area contributed by atoms with E-state index >= 15 is 0 Å². The molecule has 0 aliphatic carbocycles. The molecule has 3 rings (SSSR count). The van der Waals surface area contributed by atoms with Gasteiger partial charge in [-0.2, -0.15) is 0 Å². The highest BCUT2D eigenvalue weighted by Gasteiger charge is 2.20. The van der Waals surface area contributed by atoms with Crippen LogP contribution in [0, 0.1) is 0 Å². The van der Waals surface area contributed by atoms with Gasteiger partial charge < -0.3 is 14.9 Å². The molecular formula is C9H8N2O2. The molecule has 0 atom stereocenters. The molecule has 0 radical (unpaired) electrons. The zero-order chi connectivity index (χ0) is 8.67. The molecule has 66 valence electrons. The van der Waals surface area contributed by atoms with E-state index in [-0.39, 0.29) is 0 Å². The Hall–Kier alpha value is -1.68. The van der Waals surface area contributed by atoms with Gasteiger partial charge in [0.1, 0.15) is 12.5 Å². The highest BCUT2D eigenvalue weighted by molar-refractivity contribution is 5.65. The average Bonchev–Trinajstić information content (AvgIpc) is 2.65. The third-order valence-corrected chi connectivity index (χ3v) is 2.15. The Morgan fingerprint density at radius 2 is 2.08 bits per heavy atom. The summed E-state index contributed by atoms with van der Waals surface area (Å²) < 4.78 is 10.7. The number of rotatable bonds is 0. The van der Waals surface area contributed by atoms with Gasteiger partial charge in [0.2, 0.25) is 0 Å². The maximum atomic E-state index is 5.38. The van der Waals surface area contributed by atoms with Crippen molar-refractivity contribution in [1.29, 1.82) is 0 Å². The van der Waals surface area contributed by atoms with Crippen LogP contribution < -0.4 is 20.3 Å². The van der Waals surface area contributed by atoms with E-state index in [9.17, 15) is 0 Å². The van der Waals surface area contributed by atoms with E-state index in [2.05, 4.69) is 10.9 Å². The Morgan fingerprint density at radius 1 is 1.15 bits per heavy atom. The molecule has 0 saturated heterocycles. The number of benzene rings is 1. The van der Waals surface area contributed by atoms with Crippen molar-refractivity contribution < 1.29 is 9.47 Å². The number of hydrazine groups is 1. The van der Waals surface area contributed by atoms with Crippen LogP contribution in [-0.4, -0.2) is 0 Å². The van der Waals surface area contributed by atoms with Crippen LogP contribution in [0.2, 0.25) is 0 Å². The molecule has 4 nitrogen and oxygen atoms in total. The lowest BCUT2D eigenvalue weighted by atomic mass is 10.1. The monoisotopic (exact) mass is 176 g/mol. The number of nitrogens with one attached hydrogen (secondary N) is 2. The lowest BCUT2D eigenvalue weighted by molar-refractivity contribution is 0.359. The van der Waals surface area contributed by atoms with Crippen LogP contribution >= 0.6 is 0 Å². The smallest absolute Gasteiger partial charge is 0.175 e. The zero-order valence-corrected chi connectivity index (χ0v) is 6.83. The van der Waals surface area contributed by atoms with Crippen LogP contribution in [0.25, 0.3) is 0 Å². The van der Waals surface area contributed by atoms with Crippen LogP contribution in [0.1, 0.15) is 5.56 Å². The summed E-state index contributed by atoms with van der Waals surface area (Å²) in [5, 5.41) is 0. The van der Waals surface area contributed by atoms with Crippen molar-refractivity contribution in [2.75, 3.05) is 5.43 Å². The Morgan fingerprint density at radius 3 is 3.08 bits per heavy atom. The van der Waals surface area contributed by atoms with Gasteiger partial charge in [0.25, 0.3) is 0 Å². The van der Waals surface area contributed by atoms with Crippen LogP contribution in [0.5, 0.6) is 11.5 Å². The summed E-state index contributed by atoms with van der Waals surface area (Å²) in [6.45, 7) is 0.760. The summed E-state index contributed by atoms with van der Waals surface area (Å²) in [4.78, 5) is 0. The molecule has 4 heteroatoms. The van der Waals surface area contributed by atoms with E-state index in [4.69, 9.17) is 9.47 Å². The van der Waals surface area contributed by atoms with Crippen molar-refractivity contribution in [2.45, 2.75) is 6.54 Å². The maximum Gasteiger partial charge on any atom is 0.175 e. The lowest BCUT2D eigenvalue weighted by Gasteiger charge is -2.14. The van der Waals surface area contributed by atoms with Crippen molar-refractivity contribution in [3.8, 4) is 11.5 Å². The van der Waals surface area contributed by atoms with Crippen molar-refractivity contribution >= 4 is 5.69 Å². The minimum atomic E-state index is 0.760. The molecule has 2 heterocycles. The number of hydrogen-bond donors (Lipinski definition) is 2. The molecule has 2 aliphatic rings. The molecule has 0 unspecified atom stereocenters. The second-order valence-electron chi connectivity index (χ2n) is 2.91. The summed E-state index contributed by atoms with van der Waals surface area (Å²) in [5.41, 5.74) is 8.23. The van der Waals surface area contributed by atoms with Crippen molar-refractivity contribution in [3.63, 3.8) is 0 Å². The molecule has 0 spiro atoms. The summed E-state index contributed by atoms with van der Waals surface area (Å²) in [6, 6.07) is 3.86. The topological polar surface area (TPSA) is 42.5 Å².